The Morgan fingerprint density at radius 2 is 1.72 bits per heavy atom. The van der Waals surface area contributed by atoms with Crippen molar-refractivity contribution in [1.82, 2.24) is 9.78 Å². The Bertz CT molecular complexity index is 1240. The van der Waals surface area contributed by atoms with Crippen LogP contribution in [0.3, 0.4) is 0 Å². The van der Waals surface area contributed by atoms with Crippen molar-refractivity contribution in [1.29, 1.82) is 0 Å². The molecule has 1 aliphatic rings. The lowest BCUT2D eigenvalue weighted by Crippen LogP contribution is -2.17. The van der Waals surface area contributed by atoms with Gasteiger partial charge in [0.05, 0.1) is 22.9 Å². The van der Waals surface area contributed by atoms with Gasteiger partial charge in [0.15, 0.2) is 9.84 Å². The largest absolute Gasteiger partial charge is 0.306 e. The average molecular weight is 410 g/mol. The summed E-state index contributed by atoms with van der Waals surface area (Å²) < 4.78 is 26.0. The first-order chi connectivity index (χ1) is 13.6. The number of sulfone groups is 1. The Morgan fingerprint density at radius 3 is 2.41 bits per heavy atom. The van der Waals surface area contributed by atoms with Crippen molar-refractivity contribution in [3.8, 4) is 5.69 Å². The summed E-state index contributed by atoms with van der Waals surface area (Å²) in [5, 5.41) is 7.50. The van der Waals surface area contributed by atoms with E-state index in [0.29, 0.717) is 22.6 Å². The average Bonchev–Trinajstić information content (AvgIpc) is 3.09. The van der Waals surface area contributed by atoms with Crippen LogP contribution < -0.4 is 5.32 Å². The molecule has 0 spiro atoms. The molecule has 0 radical (unpaired) electrons. The van der Waals surface area contributed by atoms with Crippen molar-refractivity contribution in [2.45, 2.75) is 39.2 Å². The molecule has 2 aromatic carbocycles. The Kier molecular flexibility index (Phi) is 4.58. The molecule has 6 nitrogen and oxygen atoms in total. The number of anilines is 1. The molecule has 150 valence electrons. The van der Waals surface area contributed by atoms with Crippen molar-refractivity contribution in [2.24, 2.45) is 0 Å². The summed E-state index contributed by atoms with van der Waals surface area (Å²) in [5.41, 5.74) is 6.54. The molecule has 1 amide bonds. The van der Waals surface area contributed by atoms with E-state index < -0.39 is 9.84 Å². The van der Waals surface area contributed by atoms with Crippen LogP contribution in [-0.2, 0) is 21.3 Å². The Hall–Kier alpha value is -2.93. The first-order valence-corrected chi connectivity index (χ1v) is 11.2. The summed E-state index contributed by atoms with van der Waals surface area (Å²) in [4.78, 5) is 13.0. The molecular formula is C22H23N3O3S. The zero-order valence-electron chi connectivity index (χ0n) is 16.9. The standard InChI is InChI=1S/C22H23N3O3S/c1-13-8-14(2)10-17(9-13)22(26)23-21-18-11-29(27,28)12-19(18)24-25(21)20-7-5-6-15(3)16(20)4/h5-10H,11-12H2,1-4H3,(H,23,26). The summed E-state index contributed by atoms with van der Waals surface area (Å²) >= 11 is 0. The molecule has 29 heavy (non-hydrogen) atoms. The zero-order valence-corrected chi connectivity index (χ0v) is 17.7. The second kappa shape index (κ2) is 6.84. The van der Waals surface area contributed by atoms with E-state index in [2.05, 4.69) is 10.4 Å². The number of carbonyl (C=O) groups is 1. The summed E-state index contributed by atoms with van der Waals surface area (Å²) in [5.74, 6) is -0.0725. The number of carbonyl (C=O) groups excluding carboxylic acids is 1. The maximum atomic E-state index is 13.0. The van der Waals surface area contributed by atoms with Gasteiger partial charge in [0, 0.05) is 11.1 Å². The lowest BCUT2D eigenvalue weighted by molar-refractivity contribution is 0.102. The lowest BCUT2D eigenvalue weighted by Gasteiger charge is -2.14. The third kappa shape index (κ3) is 3.58. The van der Waals surface area contributed by atoms with Gasteiger partial charge in [0.1, 0.15) is 5.82 Å². The third-order valence-electron chi connectivity index (χ3n) is 5.31. The number of nitrogens with zero attached hydrogens (tertiary/aromatic N) is 2. The van der Waals surface area contributed by atoms with Crippen LogP contribution in [0.4, 0.5) is 5.82 Å². The van der Waals surface area contributed by atoms with Crippen molar-refractivity contribution in [3.63, 3.8) is 0 Å². The van der Waals surface area contributed by atoms with Crippen molar-refractivity contribution in [3.05, 3.63) is 75.5 Å². The molecule has 0 bridgehead atoms. The van der Waals surface area contributed by atoms with Crippen LogP contribution in [0.1, 0.15) is 43.9 Å². The van der Waals surface area contributed by atoms with E-state index in [0.717, 1.165) is 27.9 Å². The molecule has 0 unspecified atom stereocenters. The molecule has 1 N–H and O–H groups in total. The molecule has 0 saturated heterocycles. The van der Waals surface area contributed by atoms with Gasteiger partial charge in [-0.1, -0.05) is 29.3 Å². The van der Waals surface area contributed by atoms with Gasteiger partial charge >= 0.3 is 0 Å². The molecule has 4 rings (SSSR count). The molecular weight excluding hydrogens is 386 g/mol. The smallest absolute Gasteiger partial charge is 0.256 e. The summed E-state index contributed by atoms with van der Waals surface area (Å²) in [7, 11) is -3.24. The van der Waals surface area contributed by atoms with Gasteiger partial charge in [0.2, 0.25) is 0 Å². The predicted molar refractivity (Wildman–Crippen MR) is 113 cm³/mol. The first kappa shape index (κ1) is 19.4. The minimum Gasteiger partial charge on any atom is -0.306 e. The van der Waals surface area contributed by atoms with Gasteiger partial charge < -0.3 is 5.32 Å². The molecule has 0 atom stereocenters. The summed E-state index contributed by atoms with van der Waals surface area (Å²) in [6.07, 6.45) is 0. The summed E-state index contributed by atoms with van der Waals surface area (Å²) in [6, 6.07) is 11.5. The highest BCUT2D eigenvalue weighted by Gasteiger charge is 2.33. The van der Waals surface area contributed by atoms with E-state index in [1.807, 2.05) is 64.1 Å². The number of hydrogen-bond donors (Lipinski definition) is 1. The normalized spacial score (nSPS) is 14.6. The highest BCUT2D eigenvalue weighted by molar-refractivity contribution is 7.90. The highest BCUT2D eigenvalue weighted by Crippen LogP contribution is 2.34. The third-order valence-corrected chi connectivity index (χ3v) is 6.75. The van der Waals surface area contributed by atoms with Crippen LogP contribution in [0.2, 0.25) is 0 Å². The van der Waals surface area contributed by atoms with E-state index >= 15 is 0 Å². The number of benzene rings is 2. The predicted octanol–water partition coefficient (Wildman–Crippen LogP) is 3.79. The van der Waals surface area contributed by atoms with Gasteiger partial charge in [0.25, 0.3) is 5.91 Å². The number of fused-ring (bicyclic) bond motifs is 1. The van der Waals surface area contributed by atoms with Crippen LogP contribution in [0.25, 0.3) is 5.69 Å². The molecule has 0 aliphatic carbocycles. The lowest BCUT2D eigenvalue weighted by atomic mass is 10.1. The Balaban J connectivity index is 1.83. The SMILES string of the molecule is Cc1cc(C)cc(C(=O)Nc2c3c(nn2-c2cccc(C)c2C)CS(=O)(=O)C3)c1. The minimum absolute atomic E-state index is 0.105. The van der Waals surface area contributed by atoms with Gasteiger partial charge in [-0.05, 0) is 57.0 Å². The molecule has 2 heterocycles. The van der Waals surface area contributed by atoms with E-state index in [1.165, 1.54) is 0 Å². The summed E-state index contributed by atoms with van der Waals surface area (Å²) in [6.45, 7) is 7.88. The Labute approximate surface area is 170 Å². The topological polar surface area (TPSA) is 81.1 Å². The fourth-order valence-electron chi connectivity index (χ4n) is 3.80. The fraction of sp³-hybridized carbons (Fsp3) is 0.273. The number of aromatic nitrogens is 2. The van der Waals surface area contributed by atoms with Gasteiger partial charge in [-0.25, -0.2) is 13.1 Å². The molecule has 3 aromatic rings. The van der Waals surface area contributed by atoms with Crippen LogP contribution >= 0.6 is 0 Å². The molecule has 1 aliphatic heterocycles. The molecule has 7 heteroatoms. The minimum atomic E-state index is -3.24. The van der Waals surface area contributed by atoms with E-state index in [9.17, 15) is 13.2 Å². The zero-order chi connectivity index (χ0) is 20.9. The highest BCUT2D eigenvalue weighted by atomic mass is 32.2. The van der Waals surface area contributed by atoms with Crippen LogP contribution in [0, 0.1) is 27.7 Å². The van der Waals surface area contributed by atoms with E-state index in [1.54, 1.807) is 4.68 Å². The first-order valence-electron chi connectivity index (χ1n) is 9.42. The van der Waals surface area contributed by atoms with Gasteiger partial charge in [-0.3, -0.25) is 4.79 Å². The quantitative estimate of drug-likeness (QED) is 0.714. The number of aryl methyl sites for hydroxylation is 3. The van der Waals surface area contributed by atoms with Gasteiger partial charge in [-0.2, -0.15) is 5.10 Å². The number of nitrogens with one attached hydrogen (secondary N) is 1. The van der Waals surface area contributed by atoms with Crippen LogP contribution in [0.15, 0.2) is 36.4 Å². The van der Waals surface area contributed by atoms with Crippen LogP contribution in [0.5, 0.6) is 0 Å². The Morgan fingerprint density at radius 1 is 1.03 bits per heavy atom. The van der Waals surface area contributed by atoms with Crippen molar-refractivity contribution < 1.29 is 13.2 Å². The number of amides is 1. The molecule has 0 fully saturated rings. The maximum absolute atomic E-state index is 13.0. The number of rotatable bonds is 3. The van der Waals surface area contributed by atoms with Crippen molar-refractivity contribution in [2.75, 3.05) is 5.32 Å². The second-order valence-electron chi connectivity index (χ2n) is 7.77. The fourth-order valence-corrected chi connectivity index (χ4v) is 5.29. The van der Waals surface area contributed by atoms with E-state index in [4.69, 9.17) is 0 Å². The van der Waals surface area contributed by atoms with Gasteiger partial charge in [-0.15, -0.1) is 0 Å². The second-order valence-corrected chi connectivity index (χ2v) is 9.83. The molecule has 1 aromatic heterocycles. The molecule has 0 saturated carbocycles. The van der Waals surface area contributed by atoms with Crippen LogP contribution in [-0.4, -0.2) is 24.1 Å². The number of hydrogen-bond acceptors (Lipinski definition) is 4. The maximum Gasteiger partial charge on any atom is 0.256 e. The monoisotopic (exact) mass is 409 g/mol. The van der Waals surface area contributed by atoms with E-state index in [-0.39, 0.29) is 17.4 Å². The van der Waals surface area contributed by atoms with Crippen molar-refractivity contribution >= 4 is 21.6 Å².